The fourth-order valence-electron chi connectivity index (χ4n) is 2.51. The van der Waals surface area contributed by atoms with Gasteiger partial charge in [0.25, 0.3) is 0 Å². The quantitative estimate of drug-likeness (QED) is 0.680. The van der Waals surface area contributed by atoms with Crippen molar-refractivity contribution >= 4 is 5.78 Å². The molecule has 0 amide bonds. The van der Waals surface area contributed by atoms with Gasteiger partial charge in [-0.3, -0.25) is 4.79 Å². The van der Waals surface area contributed by atoms with Crippen LogP contribution in [-0.4, -0.2) is 26.6 Å². The zero-order valence-electron chi connectivity index (χ0n) is 14.7. The molecule has 4 heteroatoms. The first-order chi connectivity index (χ1) is 11.6. The molecule has 0 spiro atoms. The van der Waals surface area contributed by atoms with E-state index in [1.807, 2.05) is 50.2 Å². The number of methoxy groups -OCH3 is 2. The lowest BCUT2D eigenvalue weighted by molar-refractivity contribution is 0.0983. The second kappa shape index (κ2) is 8.39. The number of ether oxygens (including phenoxy) is 3. The van der Waals surface area contributed by atoms with Gasteiger partial charge in [0.1, 0.15) is 0 Å². The number of rotatable bonds is 8. The second-order valence-electron chi connectivity index (χ2n) is 5.55. The Bertz CT molecular complexity index is 664. The Kier molecular flexibility index (Phi) is 6.24. The van der Waals surface area contributed by atoms with Crippen LogP contribution in [0.3, 0.4) is 0 Å². The molecule has 0 N–H and O–H groups in total. The van der Waals surface area contributed by atoms with Crippen LogP contribution in [0, 0.1) is 6.92 Å². The van der Waals surface area contributed by atoms with Gasteiger partial charge >= 0.3 is 0 Å². The molecule has 0 saturated heterocycles. The molecule has 0 fully saturated rings. The van der Waals surface area contributed by atoms with Gasteiger partial charge in [0, 0.05) is 12.0 Å². The van der Waals surface area contributed by atoms with E-state index in [2.05, 4.69) is 0 Å². The molecule has 0 bridgehead atoms. The Morgan fingerprint density at radius 1 is 1.00 bits per heavy atom. The summed E-state index contributed by atoms with van der Waals surface area (Å²) in [5.74, 6) is 1.96. The number of aryl methyl sites for hydroxylation is 2. The number of carbonyl (C=O) groups excluding carboxylic acids is 1. The van der Waals surface area contributed by atoms with E-state index in [4.69, 9.17) is 14.2 Å². The number of ketones is 1. The van der Waals surface area contributed by atoms with Crippen LogP contribution in [0.2, 0.25) is 0 Å². The summed E-state index contributed by atoms with van der Waals surface area (Å²) in [6.45, 7) is 4.44. The molecule has 0 atom stereocenters. The standard InChI is InChI=1S/C20H24O4/c1-5-24-20-18(22-3)12-15(13-19(20)23-4)8-11-17(21)16-9-6-14(2)7-10-16/h6-7,9-10,12-13H,5,8,11H2,1-4H3. The maximum Gasteiger partial charge on any atom is 0.203 e. The average molecular weight is 328 g/mol. The summed E-state index contributed by atoms with van der Waals surface area (Å²) in [5, 5.41) is 0. The molecule has 0 heterocycles. The van der Waals surface area contributed by atoms with Gasteiger partial charge in [0.2, 0.25) is 5.75 Å². The summed E-state index contributed by atoms with van der Waals surface area (Å²) in [5.41, 5.74) is 2.87. The van der Waals surface area contributed by atoms with Crippen molar-refractivity contribution in [2.45, 2.75) is 26.7 Å². The Hall–Kier alpha value is -2.49. The molecule has 4 nitrogen and oxygen atoms in total. The van der Waals surface area contributed by atoms with Crippen molar-refractivity contribution in [2.24, 2.45) is 0 Å². The van der Waals surface area contributed by atoms with Gasteiger partial charge in [-0.05, 0) is 38.0 Å². The van der Waals surface area contributed by atoms with E-state index in [0.29, 0.717) is 36.7 Å². The minimum atomic E-state index is 0.127. The highest BCUT2D eigenvalue weighted by Crippen LogP contribution is 2.38. The van der Waals surface area contributed by atoms with Crippen LogP contribution in [0.4, 0.5) is 0 Å². The molecule has 0 radical (unpaired) electrons. The number of hydrogen-bond donors (Lipinski definition) is 0. The van der Waals surface area contributed by atoms with E-state index >= 15 is 0 Å². The van der Waals surface area contributed by atoms with Crippen molar-refractivity contribution in [1.82, 2.24) is 0 Å². The lowest BCUT2D eigenvalue weighted by Gasteiger charge is -2.15. The largest absolute Gasteiger partial charge is 0.493 e. The van der Waals surface area contributed by atoms with Crippen molar-refractivity contribution < 1.29 is 19.0 Å². The van der Waals surface area contributed by atoms with Crippen LogP contribution >= 0.6 is 0 Å². The molecule has 2 aromatic carbocycles. The first kappa shape index (κ1) is 17.9. The normalized spacial score (nSPS) is 10.3. The molecule has 2 rings (SSSR count). The Morgan fingerprint density at radius 3 is 2.08 bits per heavy atom. The van der Waals surface area contributed by atoms with E-state index < -0.39 is 0 Å². The third-order valence-electron chi connectivity index (χ3n) is 3.82. The second-order valence-corrected chi connectivity index (χ2v) is 5.55. The van der Waals surface area contributed by atoms with Crippen molar-refractivity contribution in [3.05, 3.63) is 53.1 Å². The maximum atomic E-state index is 12.3. The minimum Gasteiger partial charge on any atom is -0.493 e. The summed E-state index contributed by atoms with van der Waals surface area (Å²) < 4.78 is 16.4. The molecule has 0 aliphatic heterocycles. The summed E-state index contributed by atoms with van der Waals surface area (Å²) in [7, 11) is 3.19. The van der Waals surface area contributed by atoms with Crippen molar-refractivity contribution in [1.29, 1.82) is 0 Å². The molecular weight excluding hydrogens is 304 g/mol. The zero-order chi connectivity index (χ0) is 17.5. The average Bonchev–Trinajstić information content (AvgIpc) is 2.61. The molecule has 0 aliphatic carbocycles. The van der Waals surface area contributed by atoms with E-state index in [0.717, 1.165) is 16.7 Å². The van der Waals surface area contributed by atoms with Gasteiger partial charge in [-0.25, -0.2) is 0 Å². The van der Waals surface area contributed by atoms with Gasteiger partial charge in [0.15, 0.2) is 17.3 Å². The van der Waals surface area contributed by atoms with Gasteiger partial charge < -0.3 is 14.2 Å². The maximum absolute atomic E-state index is 12.3. The molecule has 0 aromatic heterocycles. The molecule has 0 saturated carbocycles. The highest BCUT2D eigenvalue weighted by atomic mass is 16.5. The topological polar surface area (TPSA) is 44.8 Å². The number of Topliss-reactive ketones (excluding diaryl/α,β-unsaturated/α-hetero) is 1. The van der Waals surface area contributed by atoms with Crippen molar-refractivity contribution in [3.63, 3.8) is 0 Å². The van der Waals surface area contributed by atoms with Crippen LogP contribution in [0.5, 0.6) is 17.2 Å². The molecule has 0 aliphatic rings. The van der Waals surface area contributed by atoms with E-state index in [-0.39, 0.29) is 5.78 Å². The number of hydrogen-bond acceptors (Lipinski definition) is 4. The van der Waals surface area contributed by atoms with Gasteiger partial charge in [0.05, 0.1) is 20.8 Å². The predicted octanol–water partition coefficient (Wildman–Crippen LogP) is 4.23. The summed E-state index contributed by atoms with van der Waals surface area (Å²) >= 11 is 0. The first-order valence-corrected chi connectivity index (χ1v) is 8.06. The van der Waals surface area contributed by atoms with Gasteiger partial charge in [-0.15, -0.1) is 0 Å². The lowest BCUT2D eigenvalue weighted by Crippen LogP contribution is -2.03. The van der Waals surface area contributed by atoms with E-state index in [1.54, 1.807) is 14.2 Å². The molecule has 128 valence electrons. The molecule has 0 unspecified atom stereocenters. The Balaban J connectivity index is 2.14. The summed E-state index contributed by atoms with van der Waals surface area (Å²) in [6, 6.07) is 11.5. The summed E-state index contributed by atoms with van der Waals surface area (Å²) in [4.78, 5) is 12.3. The minimum absolute atomic E-state index is 0.127. The predicted molar refractivity (Wildman–Crippen MR) is 94.5 cm³/mol. The zero-order valence-corrected chi connectivity index (χ0v) is 14.7. The SMILES string of the molecule is CCOc1c(OC)cc(CCC(=O)c2ccc(C)cc2)cc1OC. The van der Waals surface area contributed by atoms with Crippen LogP contribution in [0.25, 0.3) is 0 Å². The van der Waals surface area contributed by atoms with Crippen molar-refractivity contribution in [3.8, 4) is 17.2 Å². The van der Waals surface area contributed by atoms with Crippen LogP contribution < -0.4 is 14.2 Å². The van der Waals surface area contributed by atoms with Crippen LogP contribution in [-0.2, 0) is 6.42 Å². The smallest absolute Gasteiger partial charge is 0.203 e. The molecular formula is C20H24O4. The van der Waals surface area contributed by atoms with E-state index in [9.17, 15) is 4.79 Å². The third kappa shape index (κ3) is 4.28. The highest BCUT2D eigenvalue weighted by molar-refractivity contribution is 5.96. The first-order valence-electron chi connectivity index (χ1n) is 8.06. The Morgan fingerprint density at radius 2 is 1.58 bits per heavy atom. The fourth-order valence-corrected chi connectivity index (χ4v) is 2.51. The van der Waals surface area contributed by atoms with Gasteiger partial charge in [-0.1, -0.05) is 29.8 Å². The third-order valence-corrected chi connectivity index (χ3v) is 3.82. The molecule has 2 aromatic rings. The van der Waals surface area contributed by atoms with E-state index in [1.165, 1.54) is 0 Å². The number of benzene rings is 2. The fraction of sp³-hybridized carbons (Fsp3) is 0.350. The molecule has 24 heavy (non-hydrogen) atoms. The monoisotopic (exact) mass is 328 g/mol. The van der Waals surface area contributed by atoms with Crippen LogP contribution in [0.15, 0.2) is 36.4 Å². The summed E-state index contributed by atoms with van der Waals surface area (Å²) in [6.07, 6.45) is 1.05. The van der Waals surface area contributed by atoms with Crippen molar-refractivity contribution in [2.75, 3.05) is 20.8 Å². The van der Waals surface area contributed by atoms with Gasteiger partial charge in [-0.2, -0.15) is 0 Å². The van der Waals surface area contributed by atoms with Crippen LogP contribution in [0.1, 0.15) is 34.8 Å². The highest BCUT2D eigenvalue weighted by Gasteiger charge is 2.15. The number of carbonyl (C=O) groups is 1. The Labute approximate surface area is 143 Å². The lowest BCUT2D eigenvalue weighted by atomic mass is 10.0.